The van der Waals surface area contributed by atoms with Crippen molar-refractivity contribution in [2.45, 2.75) is 33.7 Å². The van der Waals surface area contributed by atoms with Gasteiger partial charge in [0.15, 0.2) is 0 Å². The van der Waals surface area contributed by atoms with E-state index in [1.54, 1.807) is 12.3 Å². The molecule has 1 atom stereocenters. The molecule has 1 rings (SSSR count). The molecule has 1 heterocycles. The Morgan fingerprint density at radius 2 is 2.07 bits per heavy atom. The second kappa shape index (κ2) is 4.87. The number of rotatable bonds is 3. The molecular formula is C11H17N3O. The van der Waals surface area contributed by atoms with Crippen LogP contribution in [0, 0.1) is 12.8 Å². The maximum atomic E-state index is 11.7. The fourth-order valence-corrected chi connectivity index (χ4v) is 0.996. The molecule has 1 unspecified atom stereocenters. The van der Waals surface area contributed by atoms with E-state index in [0.29, 0.717) is 5.92 Å². The monoisotopic (exact) mass is 207 g/mol. The number of hydrogen-bond acceptors (Lipinski definition) is 3. The van der Waals surface area contributed by atoms with Gasteiger partial charge in [-0.2, -0.15) is 0 Å². The molecule has 0 saturated carbocycles. The molecule has 0 aliphatic heterocycles. The predicted molar refractivity (Wildman–Crippen MR) is 58.5 cm³/mol. The summed E-state index contributed by atoms with van der Waals surface area (Å²) in [6.07, 6.45) is 1.59. The maximum absolute atomic E-state index is 11.7. The summed E-state index contributed by atoms with van der Waals surface area (Å²) in [5.41, 5.74) is 0.798. The van der Waals surface area contributed by atoms with E-state index in [-0.39, 0.29) is 17.8 Å². The lowest BCUT2D eigenvalue weighted by Crippen LogP contribution is -2.37. The zero-order valence-corrected chi connectivity index (χ0v) is 9.61. The van der Waals surface area contributed by atoms with Crippen LogP contribution in [0.2, 0.25) is 0 Å². The van der Waals surface area contributed by atoms with Gasteiger partial charge in [-0.3, -0.25) is 4.79 Å². The Morgan fingerprint density at radius 3 is 2.60 bits per heavy atom. The lowest BCUT2D eigenvalue weighted by molar-refractivity contribution is 0.0919. The first kappa shape index (κ1) is 11.6. The topological polar surface area (TPSA) is 54.9 Å². The minimum Gasteiger partial charge on any atom is -0.347 e. The van der Waals surface area contributed by atoms with Gasteiger partial charge >= 0.3 is 0 Å². The van der Waals surface area contributed by atoms with Crippen LogP contribution < -0.4 is 5.32 Å². The molecule has 1 N–H and O–H groups in total. The van der Waals surface area contributed by atoms with Crippen molar-refractivity contribution in [2.24, 2.45) is 5.92 Å². The highest BCUT2D eigenvalue weighted by atomic mass is 16.2. The zero-order valence-electron chi connectivity index (χ0n) is 9.61. The van der Waals surface area contributed by atoms with Gasteiger partial charge in [-0.25, -0.2) is 9.97 Å². The van der Waals surface area contributed by atoms with E-state index in [4.69, 9.17) is 0 Å². The van der Waals surface area contributed by atoms with E-state index in [1.165, 1.54) is 0 Å². The molecule has 4 heteroatoms. The summed E-state index contributed by atoms with van der Waals surface area (Å²) in [6.45, 7) is 7.92. The van der Waals surface area contributed by atoms with Gasteiger partial charge in [0.1, 0.15) is 0 Å². The van der Waals surface area contributed by atoms with E-state index in [0.717, 1.165) is 5.69 Å². The first-order valence-electron chi connectivity index (χ1n) is 5.11. The quantitative estimate of drug-likeness (QED) is 0.818. The van der Waals surface area contributed by atoms with E-state index in [9.17, 15) is 4.79 Å². The number of nitrogens with zero attached hydrogens (tertiary/aromatic N) is 2. The van der Waals surface area contributed by atoms with E-state index in [1.807, 2.05) is 13.8 Å². The van der Waals surface area contributed by atoms with E-state index in [2.05, 4.69) is 29.1 Å². The highest BCUT2D eigenvalue weighted by molar-refractivity contribution is 5.90. The molecule has 1 aromatic rings. The smallest absolute Gasteiger partial charge is 0.289 e. The highest BCUT2D eigenvalue weighted by Crippen LogP contribution is 2.01. The molecule has 0 aliphatic carbocycles. The molecule has 0 saturated heterocycles. The lowest BCUT2D eigenvalue weighted by Gasteiger charge is -2.16. The molecule has 15 heavy (non-hydrogen) atoms. The molecule has 0 aromatic carbocycles. The van der Waals surface area contributed by atoms with Crippen molar-refractivity contribution in [3.63, 3.8) is 0 Å². The molecule has 0 spiro atoms. The van der Waals surface area contributed by atoms with E-state index >= 15 is 0 Å². The Balaban J connectivity index is 2.69. The lowest BCUT2D eigenvalue weighted by atomic mass is 10.1. The molecule has 4 nitrogen and oxygen atoms in total. The third-order valence-electron chi connectivity index (χ3n) is 2.36. The molecule has 0 fully saturated rings. The molecule has 0 aliphatic rings. The van der Waals surface area contributed by atoms with Crippen LogP contribution >= 0.6 is 0 Å². The largest absolute Gasteiger partial charge is 0.347 e. The molecule has 0 bridgehead atoms. The third kappa shape index (κ3) is 3.31. The second-order valence-electron chi connectivity index (χ2n) is 4.03. The molecule has 1 amide bonds. The standard InChI is InChI=1S/C11H17N3O/c1-7(2)9(4)14-11(15)10-12-6-5-8(3)13-10/h5-7,9H,1-4H3,(H,14,15). The second-order valence-corrected chi connectivity index (χ2v) is 4.03. The Labute approximate surface area is 90.1 Å². The molecule has 1 aromatic heterocycles. The number of aromatic nitrogens is 2. The number of hydrogen-bond donors (Lipinski definition) is 1. The van der Waals surface area contributed by atoms with Crippen LogP contribution in [0.4, 0.5) is 0 Å². The number of amides is 1. The van der Waals surface area contributed by atoms with Crippen LogP contribution in [0.15, 0.2) is 12.3 Å². The average molecular weight is 207 g/mol. The van der Waals surface area contributed by atoms with Gasteiger partial charge < -0.3 is 5.32 Å². The zero-order chi connectivity index (χ0) is 11.4. The summed E-state index contributed by atoms with van der Waals surface area (Å²) in [6, 6.07) is 1.89. The Hall–Kier alpha value is -1.45. The highest BCUT2D eigenvalue weighted by Gasteiger charge is 2.14. The van der Waals surface area contributed by atoms with Crippen molar-refractivity contribution in [2.75, 3.05) is 0 Å². The average Bonchev–Trinajstić information content (AvgIpc) is 2.17. The van der Waals surface area contributed by atoms with Crippen molar-refractivity contribution in [1.82, 2.24) is 15.3 Å². The van der Waals surface area contributed by atoms with Gasteiger partial charge in [-0.1, -0.05) is 13.8 Å². The maximum Gasteiger partial charge on any atom is 0.289 e. The van der Waals surface area contributed by atoms with Gasteiger partial charge in [0.2, 0.25) is 5.82 Å². The van der Waals surface area contributed by atoms with Crippen LogP contribution in [0.3, 0.4) is 0 Å². The molecular weight excluding hydrogens is 190 g/mol. The summed E-state index contributed by atoms with van der Waals surface area (Å²) < 4.78 is 0. The van der Waals surface area contributed by atoms with Crippen LogP contribution in [-0.2, 0) is 0 Å². The SMILES string of the molecule is Cc1ccnc(C(=O)NC(C)C(C)C)n1. The Morgan fingerprint density at radius 1 is 1.40 bits per heavy atom. The Bertz CT molecular complexity index is 349. The van der Waals surface area contributed by atoms with Crippen molar-refractivity contribution < 1.29 is 4.79 Å². The summed E-state index contributed by atoms with van der Waals surface area (Å²) in [5, 5.41) is 2.86. The third-order valence-corrected chi connectivity index (χ3v) is 2.36. The van der Waals surface area contributed by atoms with Gasteiger partial charge in [0, 0.05) is 17.9 Å². The summed E-state index contributed by atoms with van der Waals surface area (Å²) >= 11 is 0. The van der Waals surface area contributed by atoms with Crippen LogP contribution in [0.25, 0.3) is 0 Å². The summed E-state index contributed by atoms with van der Waals surface area (Å²) in [5.74, 6) is 0.432. The van der Waals surface area contributed by atoms with Gasteiger partial charge in [-0.15, -0.1) is 0 Å². The summed E-state index contributed by atoms with van der Waals surface area (Å²) in [7, 11) is 0. The van der Waals surface area contributed by atoms with Crippen LogP contribution in [0.5, 0.6) is 0 Å². The molecule has 82 valence electrons. The number of carbonyl (C=O) groups is 1. The number of nitrogens with one attached hydrogen (secondary N) is 1. The van der Waals surface area contributed by atoms with Crippen LogP contribution in [0.1, 0.15) is 37.1 Å². The van der Waals surface area contributed by atoms with Gasteiger partial charge in [0.05, 0.1) is 0 Å². The van der Waals surface area contributed by atoms with Crippen molar-refractivity contribution >= 4 is 5.91 Å². The fourth-order valence-electron chi connectivity index (χ4n) is 0.996. The minimum atomic E-state index is -0.208. The summed E-state index contributed by atoms with van der Waals surface area (Å²) in [4.78, 5) is 19.7. The van der Waals surface area contributed by atoms with Crippen molar-refractivity contribution in [3.05, 3.63) is 23.8 Å². The number of carbonyl (C=O) groups excluding carboxylic acids is 1. The minimum absolute atomic E-state index is 0.126. The number of aryl methyl sites for hydroxylation is 1. The van der Waals surface area contributed by atoms with Gasteiger partial charge in [-0.05, 0) is 25.8 Å². The Kier molecular flexibility index (Phi) is 3.77. The van der Waals surface area contributed by atoms with E-state index < -0.39 is 0 Å². The first-order chi connectivity index (χ1) is 7.00. The van der Waals surface area contributed by atoms with Crippen molar-refractivity contribution in [1.29, 1.82) is 0 Å². The molecule has 0 radical (unpaired) electrons. The van der Waals surface area contributed by atoms with Gasteiger partial charge in [0.25, 0.3) is 5.91 Å². The normalized spacial score (nSPS) is 12.6. The fraction of sp³-hybridized carbons (Fsp3) is 0.545. The predicted octanol–water partition coefficient (Wildman–Crippen LogP) is 1.56. The van der Waals surface area contributed by atoms with Crippen molar-refractivity contribution in [3.8, 4) is 0 Å². The van der Waals surface area contributed by atoms with Crippen LogP contribution in [-0.4, -0.2) is 21.9 Å². The first-order valence-corrected chi connectivity index (χ1v) is 5.11.